The minimum atomic E-state index is -1.39. The van der Waals surface area contributed by atoms with E-state index in [0.29, 0.717) is 28.9 Å². The summed E-state index contributed by atoms with van der Waals surface area (Å²) in [5.74, 6) is -6.12. The number of fused-ring (bicyclic) bond motifs is 4. The third-order valence-electron chi connectivity index (χ3n) is 11.6. The first-order valence-corrected chi connectivity index (χ1v) is 18.9. The van der Waals surface area contributed by atoms with Crippen molar-refractivity contribution in [1.29, 1.82) is 0 Å². The Morgan fingerprint density at radius 1 is 0.904 bits per heavy atom. The van der Waals surface area contributed by atoms with Crippen LogP contribution in [0.1, 0.15) is 31.2 Å². The molecule has 6 unspecified atom stereocenters. The number of rotatable bonds is 5. The molecule has 1 N–H and O–H groups in total. The highest BCUT2D eigenvalue weighted by Gasteiger charge is 2.68. The number of anilines is 3. The normalized spacial score (nSPS) is 28.5. The first-order valence-electron chi connectivity index (χ1n) is 17.0. The summed E-state index contributed by atoms with van der Waals surface area (Å²) in [6, 6.07) is 12.7. The van der Waals surface area contributed by atoms with Gasteiger partial charge in [-0.1, -0.05) is 23.3 Å². The lowest BCUT2D eigenvalue weighted by Gasteiger charge is -2.49. The molecule has 0 spiro atoms. The van der Waals surface area contributed by atoms with Crippen LogP contribution in [-0.4, -0.2) is 62.1 Å². The number of aromatic hydroxyl groups is 1. The van der Waals surface area contributed by atoms with Gasteiger partial charge in [0.25, 0.3) is 0 Å². The lowest BCUT2D eigenvalue weighted by molar-refractivity contribution is -0.131. The minimum absolute atomic E-state index is 0.132. The summed E-state index contributed by atoms with van der Waals surface area (Å²) < 4.78 is 26.0. The lowest BCUT2D eigenvalue weighted by Crippen LogP contribution is -2.49. The van der Waals surface area contributed by atoms with E-state index in [4.69, 9.17) is 21.1 Å². The van der Waals surface area contributed by atoms with Gasteiger partial charge in [0.2, 0.25) is 23.6 Å². The van der Waals surface area contributed by atoms with Gasteiger partial charge in [-0.15, -0.1) is 0 Å². The fraction of sp³-hybridized carbons (Fsp3) is 0.368. The number of halogens is 4. The van der Waals surface area contributed by atoms with Gasteiger partial charge in [0.1, 0.15) is 5.82 Å². The monoisotopic (exact) mass is 855 g/mol. The summed E-state index contributed by atoms with van der Waals surface area (Å²) in [6.07, 6.45) is 2.34. The number of ether oxygens (including phenoxy) is 2. The topological polar surface area (TPSA) is 117 Å². The van der Waals surface area contributed by atoms with Crippen molar-refractivity contribution in [3.8, 4) is 11.5 Å². The van der Waals surface area contributed by atoms with Crippen LogP contribution in [0.2, 0.25) is 5.02 Å². The maximum atomic E-state index is 14.8. The fourth-order valence-electron chi connectivity index (χ4n) is 9.10. The highest BCUT2D eigenvalue weighted by atomic mass is 79.9. The van der Waals surface area contributed by atoms with Crippen molar-refractivity contribution < 1.29 is 38.1 Å². The summed E-state index contributed by atoms with van der Waals surface area (Å²) in [7, 11) is 1.41. The highest BCUT2D eigenvalue weighted by Crippen LogP contribution is 2.65. The molecule has 2 aliphatic carbocycles. The van der Waals surface area contributed by atoms with Crippen LogP contribution >= 0.6 is 43.5 Å². The number of allylic oxidation sites excluding steroid dienone is 2. The molecule has 3 aliphatic heterocycles. The third-order valence-corrected chi connectivity index (χ3v) is 14.1. The molecule has 3 heterocycles. The summed E-state index contributed by atoms with van der Waals surface area (Å²) >= 11 is 13.2. The van der Waals surface area contributed by atoms with Crippen LogP contribution < -0.4 is 19.4 Å². The molecule has 1 saturated carbocycles. The number of amides is 4. The Bertz CT molecular complexity index is 2090. The van der Waals surface area contributed by atoms with Crippen LogP contribution in [0, 0.1) is 34.9 Å². The molecule has 0 aromatic heterocycles. The first-order chi connectivity index (χ1) is 24.9. The molecule has 14 heteroatoms. The van der Waals surface area contributed by atoms with Crippen molar-refractivity contribution in [3.63, 3.8) is 0 Å². The Balaban J connectivity index is 1.23. The van der Waals surface area contributed by atoms with Gasteiger partial charge in [-0.3, -0.25) is 24.1 Å². The lowest BCUT2D eigenvalue weighted by atomic mass is 9.51. The van der Waals surface area contributed by atoms with E-state index in [1.54, 1.807) is 25.1 Å². The van der Waals surface area contributed by atoms with Gasteiger partial charge in [0.15, 0.2) is 11.5 Å². The predicted octanol–water partition coefficient (Wildman–Crippen LogP) is 6.99. The summed E-state index contributed by atoms with van der Waals surface area (Å²) in [4.78, 5) is 62.4. The zero-order valence-electron chi connectivity index (χ0n) is 28.1. The van der Waals surface area contributed by atoms with E-state index < -0.39 is 52.6 Å². The largest absolute Gasteiger partial charge is 0.503 e. The maximum absolute atomic E-state index is 14.8. The zero-order chi connectivity index (χ0) is 36.8. The number of morpholine rings is 1. The van der Waals surface area contributed by atoms with Gasteiger partial charge in [-0.05, 0) is 112 Å². The predicted molar refractivity (Wildman–Crippen MR) is 198 cm³/mol. The second-order valence-corrected chi connectivity index (χ2v) is 16.0. The number of benzene rings is 3. The van der Waals surface area contributed by atoms with Gasteiger partial charge in [0, 0.05) is 29.2 Å². The number of nitrogens with zero attached hydrogens (tertiary/aromatic N) is 3. The molecule has 3 aromatic carbocycles. The Kier molecular flexibility index (Phi) is 8.79. The van der Waals surface area contributed by atoms with E-state index in [1.165, 1.54) is 24.1 Å². The maximum Gasteiger partial charge on any atom is 0.241 e. The van der Waals surface area contributed by atoms with E-state index in [0.717, 1.165) is 35.3 Å². The number of phenolic OH excluding ortho intramolecular Hbond substituents is 1. The van der Waals surface area contributed by atoms with Crippen molar-refractivity contribution in [2.24, 2.45) is 29.1 Å². The van der Waals surface area contributed by atoms with Crippen LogP contribution in [-0.2, 0) is 23.9 Å². The van der Waals surface area contributed by atoms with E-state index >= 15 is 0 Å². The highest BCUT2D eigenvalue weighted by molar-refractivity contribution is 9.13. The van der Waals surface area contributed by atoms with Crippen molar-refractivity contribution in [2.75, 3.05) is 48.1 Å². The number of phenols is 1. The average Bonchev–Trinajstić information content (AvgIpc) is 3.52. The molecule has 4 fully saturated rings. The second kappa shape index (κ2) is 13.0. The van der Waals surface area contributed by atoms with Gasteiger partial charge in [0.05, 0.1) is 64.4 Å². The number of hydrogen-bond acceptors (Lipinski definition) is 8. The summed E-state index contributed by atoms with van der Waals surface area (Å²) in [6.45, 7) is 4.48. The van der Waals surface area contributed by atoms with Gasteiger partial charge < -0.3 is 19.5 Å². The van der Waals surface area contributed by atoms with Crippen LogP contribution in [0.15, 0.2) is 69.1 Å². The van der Waals surface area contributed by atoms with Crippen LogP contribution in [0.5, 0.6) is 11.5 Å². The number of imide groups is 2. The smallest absolute Gasteiger partial charge is 0.241 e. The van der Waals surface area contributed by atoms with Crippen molar-refractivity contribution in [3.05, 3.63) is 85.5 Å². The molecular formula is C38H33Br2ClFN3O7. The molecule has 6 atom stereocenters. The molecule has 10 nitrogen and oxygen atoms in total. The van der Waals surface area contributed by atoms with E-state index in [-0.39, 0.29) is 51.3 Å². The standard InChI is InChI=1S/C38H33Br2ClFN3O7/c1-38-25(35(48)45(37(38)50)20-7-10-27(42)26(41)15-20)16-23-21(30(38)24-17-28(51-2)33(46)32(40)31(24)39)8-9-22-29(23)36(49)44(34(22)47)19-5-3-18(4-6-19)43-11-13-52-14-12-43/h3-8,10,15,17,22-23,25,29-30,46H,9,11-14,16H2,1-2H3. The van der Waals surface area contributed by atoms with Crippen molar-refractivity contribution in [1.82, 2.24) is 0 Å². The van der Waals surface area contributed by atoms with Gasteiger partial charge >= 0.3 is 0 Å². The molecule has 52 heavy (non-hydrogen) atoms. The van der Waals surface area contributed by atoms with Crippen LogP contribution in [0.25, 0.3) is 0 Å². The minimum Gasteiger partial charge on any atom is -0.503 e. The Morgan fingerprint density at radius 3 is 2.25 bits per heavy atom. The van der Waals surface area contributed by atoms with Crippen LogP contribution in [0.4, 0.5) is 21.5 Å². The molecule has 5 aliphatic rings. The van der Waals surface area contributed by atoms with E-state index in [2.05, 4.69) is 36.8 Å². The molecule has 3 saturated heterocycles. The number of carbonyl (C=O) groups is 4. The van der Waals surface area contributed by atoms with Gasteiger partial charge in [-0.25, -0.2) is 9.29 Å². The Labute approximate surface area is 320 Å². The fourth-order valence-corrected chi connectivity index (χ4v) is 10.2. The Morgan fingerprint density at radius 2 is 1.58 bits per heavy atom. The quantitative estimate of drug-likeness (QED) is 0.216. The van der Waals surface area contributed by atoms with E-state index in [1.807, 2.05) is 18.2 Å². The third kappa shape index (κ3) is 5.09. The molecular weight excluding hydrogens is 825 g/mol. The molecule has 3 aromatic rings. The molecule has 270 valence electrons. The zero-order valence-corrected chi connectivity index (χ0v) is 32.0. The number of carbonyl (C=O) groups excluding carboxylic acids is 4. The van der Waals surface area contributed by atoms with Crippen LogP contribution in [0.3, 0.4) is 0 Å². The van der Waals surface area contributed by atoms with E-state index in [9.17, 15) is 28.7 Å². The molecule has 8 rings (SSSR count). The summed E-state index contributed by atoms with van der Waals surface area (Å²) in [5.41, 5.74) is 1.49. The Hall–Kier alpha value is -3.78. The van der Waals surface area contributed by atoms with Crippen molar-refractivity contribution >= 4 is 84.2 Å². The SMILES string of the molecule is COc1cc(C2C3=CCC4C(=O)N(c5ccc(N6CCOCC6)cc5)C(=O)C4C3CC3C(=O)N(c4ccc(F)c(Cl)c4)C(=O)C32C)c(Br)c(Br)c1O. The number of methoxy groups -OCH3 is 1. The van der Waals surface area contributed by atoms with Gasteiger partial charge in [-0.2, -0.15) is 0 Å². The summed E-state index contributed by atoms with van der Waals surface area (Å²) in [5, 5.41) is 10.6. The molecule has 4 amide bonds. The molecule has 0 bridgehead atoms. The number of hydrogen-bond donors (Lipinski definition) is 1. The van der Waals surface area contributed by atoms with Crippen molar-refractivity contribution in [2.45, 2.75) is 25.7 Å². The molecule has 0 radical (unpaired) electrons. The second-order valence-electron chi connectivity index (χ2n) is 14.0. The first kappa shape index (κ1) is 35.3. The average molecular weight is 858 g/mol.